The zero-order valence-electron chi connectivity index (χ0n) is 7.98. The molecule has 0 aromatic carbocycles. The van der Waals surface area contributed by atoms with E-state index in [-0.39, 0.29) is 11.8 Å². The van der Waals surface area contributed by atoms with Gasteiger partial charge in [-0.25, -0.2) is 0 Å². The van der Waals surface area contributed by atoms with Crippen LogP contribution in [0.2, 0.25) is 0 Å². The van der Waals surface area contributed by atoms with Crippen molar-refractivity contribution in [1.29, 1.82) is 0 Å². The van der Waals surface area contributed by atoms with E-state index in [9.17, 15) is 4.79 Å². The number of carbonyl (C=O) groups excluding carboxylic acids is 1. The van der Waals surface area contributed by atoms with E-state index in [2.05, 4.69) is 19.2 Å². The van der Waals surface area contributed by atoms with Crippen LogP contribution in [-0.4, -0.2) is 12.5 Å². The molecule has 1 atom stereocenters. The maximum Gasteiger partial charge on any atom is 0.222 e. The van der Waals surface area contributed by atoms with Crippen LogP contribution in [0.25, 0.3) is 0 Å². The van der Waals surface area contributed by atoms with Crippen molar-refractivity contribution in [2.75, 3.05) is 6.54 Å². The Morgan fingerprint density at radius 3 is 2.27 bits per heavy atom. The highest BCUT2D eigenvalue weighted by molar-refractivity contribution is 5.78. The third kappa shape index (κ3) is 4.82. The maximum atomic E-state index is 11.2. The molecule has 66 valence electrons. The second kappa shape index (κ2) is 5.16. The summed E-state index contributed by atoms with van der Waals surface area (Å²) in [5, 5.41) is 2.81. The lowest BCUT2D eigenvalue weighted by molar-refractivity contribution is -0.124. The van der Waals surface area contributed by atoms with Gasteiger partial charge in [0.25, 0.3) is 0 Å². The zero-order chi connectivity index (χ0) is 8.85. The molecule has 11 heavy (non-hydrogen) atoms. The first-order chi connectivity index (χ1) is 5.07. The fraction of sp³-hybridized carbons (Fsp3) is 0.889. The van der Waals surface area contributed by atoms with Crippen LogP contribution in [0.4, 0.5) is 0 Å². The third-order valence-electron chi connectivity index (χ3n) is 1.62. The van der Waals surface area contributed by atoms with Gasteiger partial charge >= 0.3 is 0 Å². The van der Waals surface area contributed by atoms with E-state index < -0.39 is 0 Å². The van der Waals surface area contributed by atoms with Crippen LogP contribution in [0.3, 0.4) is 0 Å². The second-order valence-electron chi connectivity index (χ2n) is 3.43. The summed E-state index contributed by atoms with van der Waals surface area (Å²) in [5.41, 5.74) is 0. The molecule has 1 N–H and O–H groups in total. The molecule has 0 saturated heterocycles. The average molecular weight is 157 g/mol. The van der Waals surface area contributed by atoms with Gasteiger partial charge in [0.1, 0.15) is 0 Å². The molecular formula is C9H19NO. The van der Waals surface area contributed by atoms with Gasteiger partial charge < -0.3 is 5.32 Å². The molecule has 1 amide bonds. The number of hydrogen-bond acceptors (Lipinski definition) is 1. The van der Waals surface area contributed by atoms with Crippen molar-refractivity contribution in [2.45, 2.75) is 34.1 Å². The highest BCUT2D eigenvalue weighted by Gasteiger charge is 2.12. The average Bonchev–Trinajstić information content (AvgIpc) is 1.86. The molecule has 0 rings (SSSR count). The number of nitrogens with one attached hydrogen (secondary N) is 1. The van der Waals surface area contributed by atoms with Crippen molar-refractivity contribution >= 4 is 5.91 Å². The minimum absolute atomic E-state index is 0.162. The summed E-state index contributed by atoms with van der Waals surface area (Å²) < 4.78 is 0. The van der Waals surface area contributed by atoms with Crippen LogP contribution in [0, 0.1) is 11.8 Å². The van der Waals surface area contributed by atoms with E-state index in [0.717, 1.165) is 13.0 Å². The van der Waals surface area contributed by atoms with Crippen LogP contribution >= 0.6 is 0 Å². The molecule has 2 heteroatoms. The Morgan fingerprint density at radius 1 is 1.36 bits per heavy atom. The summed E-state index contributed by atoms with van der Waals surface area (Å²) in [6, 6.07) is 0. The normalized spacial score (nSPS) is 13.2. The molecule has 0 aromatic heterocycles. The number of carbonyl (C=O) groups is 1. The molecule has 0 unspecified atom stereocenters. The summed E-state index contributed by atoms with van der Waals surface area (Å²) in [5.74, 6) is 0.948. The summed E-state index contributed by atoms with van der Waals surface area (Å²) in [6.45, 7) is 8.93. The third-order valence-corrected chi connectivity index (χ3v) is 1.62. The molecule has 0 aliphatic carbocycles. The predicted octanol–water partition coefficient (Wildman–Crippen LogP) is 1.80. The Bertz CT molecular complexity index is 121. The van der Waals surface area contributed by atoms with E-state index in [1.165, 1.54) is 0 Å². The first-order valence-electron chi connectivity index (χ1n) is 4.35. The van der Waals surface area contributed by atoms with Crippen LogP contribution < -0.4 is 5.32 Å². The highest BCUT2D eigenvalue weighted by atomic mass is 16.1. The smallest absolute Gasteiger partial charge is 0.222 e. The van der Waals surface area contributed by atoms with Crippen LogP contribution in [-0.2, 0) is 4.79 Å². The van der Waals surface area contributed by atoms with Gasteiger partial charge in [-0.3, -0.25) is 4.79 Å². The van der Waals surface area contributed by atoms with Gasteiger partial charge in [0, 0.05) is 12.5 Å². The van der Waals surface area contributed by atoms with Crippen molar-refractivity contribution in [2.24, 2.45) is 11.8 Å². The molecule has 0 heterocycles. The topological polar surface area (TPSA) is 29.1 Å². The molecule has 0 radical (unpaired) electrons. The fourth-order valence-corrected chi connectivity index (χ4v) is 1.16. The molecule has 0 bridgehead atoms. The van der Waals surface area contributed by atoms with E-state index in [1.54, 1.807) is 0 Å². The summed E-state index contributed by atoms with van der Waals surface area (Å²) in [6.07, 6.45) is 0.978. The molecule has 2 nitrogen and oxygen atoms in total. The molecular weight excluding hydrogens is 138 g/mol. The Balaban J connectivity index is 3.64. The first-order valence-corrected chi connectivity index (χ1v) is 4.35. The fourth-order valence-electron chi connectivity index (χ4n) is 1.16. The zero-order valence-corrected chi connectivity index (χ0v) is 7.98. The molecule has 0 aliphatic heterocycles. The monoisotopic (exact) mass is 157 g/mol. The van der Waals surface area contributed by atoms with Crippen LogP contribution in [0.15, 0.2) is 0 Å². The molecule has 0 fully saturated rings. The Kier molecular flexibility index (Phi) is 4.92. The minimum Gasteiger partial charge on any atom is -0.356 e. The second-order valence-corrected chi connectivity index (χ2v) is 3.43. The SMILES string of the molecule is CCNC(=O)[C@@H](C)CC(C)C. The first kappa shape index (κ1) is 10.5. The van der Waals surface area contributed by atoms with Gasteiger partial charge in [0.2, 0.25) is 5.91 Å². The van der Waals surface area contributed by atoms with Crippen molar-refractivity contribution in [3.63, 3.8) is 0 Å². The lowest BCUT2D eigenvalue weighted by atomic mass is 9.98. The van der Waals surface area contributed by atoms with E-state index >= 15 is 0 Å². The van der Waals surface area contributed by atoms with Crippen LogP contribution in [0.1, 0.15) is 34.1 Å². The quantitative estimate of drug-likeness (QED) is 0.662. The Hall–Kier alpha value is -0.530. The predicted molar refractivity (Wildman–Crippen MR) is 47.3 cm³/mol. The lowest BCUT2D eigenvalue weighted by Gasteiger charge is -2.12. The standard InChI is InChI=1S/C9H19NO/c1-5-10-9(11)8(4)6-7(2)3/h7-8H,5-6H2,1-4H3,(H,10,11)/t8-/m0/s1. The minimum atomic E-state index is 0.162. The van der Waals surface area contributed by atoms with Crippen molar-refractivity contribution in [3.8, 4) is 0 Å². The van der Waals surface area contributed by atoms with E-state index in [4.69, 9.17) is 0 Å². The number of hydrogen-bond donors (Lipinski definition) is 1. The summed E-state index contributed by atoms with van der Waals surface area (Å²) >= 11 is 0. The van der Waals surface area contributed by atoms with Crippen molar-refractivity contribution in [3.05, 3.63) is 0 Å². The Morgan fingerprint density at radius 2 is 1.91 bits per heavy atom. The maximum absolute atomic E-state index is 11.2. The molecule has 0 aromatic rings. The van der Waals surface area contributed by atoms with E-state index in [0.29, 0.717) is 5.92 Å². The van der Waals surface area contributed by atoms with E-state index in [1.807, 2.05) is 13.8 Å². The van der Waals surface area contributed by atoms with Gasteiger partial charge in [0.05, 0.1) is 0 Å². The molecule has 0 spiro atoms. The summed E-state index contributed by atoms with van der Waals surface area (Å²) in [7, 11) is 0. The van der Waals surface area contributed by atoms with Gasteiger partial charge in [-0.1, -0.05) is 20.8 Å². The summed E-state index contributed by atoms with van der Waals surface area (Å²) in [4.78, 5) is 11.2. The highest BCUT2D eigenvalue weighted by Crippen LogP contribution is 2.10. The lowest BCUT2D eigenvalue weighted by Crippen LogP contribution is -2.29. The van der Waals surface area contributed by atoms with Gasteiger partial charge in [-0.2, -0.15) is 0 Å². The Labute approximate surface area is 69.4 Å². The number of rotatable bonds is 4. The van der Waals surface area contributed by atoms with Crippen LogP contribution in [0.5, 0.6) is 0 Å². The van der Waals surface area contributed by atoms with Gasteiger partial charge in [-0.05, 0) is 19.3 Å². The van der Waals surface area contributed by atoms with Gasteiger partial charge in [0.15, 0.2) is 0 Å². The van der Waals surface area contributed by atoms with Crippen molar-refractivity contribution in [1.82, 2.24) is 5.32 Å². The van der Waals surface area contributed by atoms with Crippen molar-refractivity contribution < 1.29 is 4.79 Å². The largest absolute Gasteiger partial charge is 0.356 e. The van der Waals surface area contributed by atoms with Gasteiger partial charge in [-0.15, -0.1) is 0 Å². The molecule has 0 aliphatic rings. The number of amides is 1. The molecule has 0 saturated carbocycles.